The third-order valence-electron chi connectivity index (χ3n) is 8.33. The third kappa shape index (κ3) is 6.82. The molecule has 6 rings (SSSR count). The number of carbonyl (C=O) groups is 3. The van der Waals surface area contributed by atoms with Gasteiger partial charge in [-0.1, -0.05) is 73.7 Å². The van der Waals surface area contributed by atoms with Gasteiger partial charge < -0.3 is 9.80 Å². The summed E-state index contributed by atoms with van der Waals surface area (Å²) in [6.07, 6.45) is 2.24. The monoisotopic (exact) mass is 661 g/mol. The fourth-order valence-electron chi connectivity index (χ4n) is 5.74. The van der Waals surface area contributed by atoms with Crippen molar-refractivity contribution < 1.29 is 23.2 Å². The largest absolute Gasteiger partial charge is 0.370 e. The molecule has 9 heteroatoms. The number of ketones is 1. The second-order valence-electron chi connectivity index (χ2n) is 11.5. The third-order valence-corrected chi connectivity index (χ3v) is 9.69. The molecular formula is C39H33F2N3O3S. The van der Waals surface area contributed by atoms with Crippen LogP contribution < -0.4 is 15.1 Å². The Bertz CT molecular complexity index is 1990. The summed E-state index contributed by atoms with van der Waals surface area (Å²) in [7, 11) is 1.99. The van der Waals surface area contributed by atoms with Crippen LogP contribution in [-0.2, 0) is 24.3 Å². The lowest BCUT2D eigenvalue weighted by Crippen LogP contribution is -2.29. The molecule has 0 radical (unpaired) electrons. The summed E-state index contributed by atoms with van der Waals surface area (Å²) < 4.78 is 30.0. The predicted octanol–water partition coefficient (Wildman–Crippen LogP) is 8.33. The summed E-state index contributed by atoms with van der Waals surface area (Å²) in [5.41, 5.74) is 4.97. The van der Waals surface area contributed by atoms with Gasteiger partial charge in [-0.05, 0) is 53.1 Å². The van der Waals surface area contributed by atoms with E-state index in [2.05, 4.69) is 10.2 Å². The van der Waals surface area contributed by atoms with Crippen molar-refractivity contribution in [2.75, 3.05) is 16.8 Å². The number of benzene rings is 4. The summed E-state index contributed by atoms with van der Waals surface area (Å²) in [5.74, 6) is -2.33. The van der Waals surface area contributed by atoms with E-state index in [-0.39, 0.29) is 30.2 Å². The fourth-order valence-corrected chi connectivity index (χ4v) is 7.05. The minimum absolute atomic E-state index is 0.0944. The van der Waals surface area contributed by atoms with Crippen molar-refractivity contribution in [2.24, 2.45) is 0 Å². The number of nitrogens with zero attached hydrogens (tertiary/aromatic N) is 2. The topological polar surface area (TPSA) is 69.7 Å². The zero-order chi connectivity index (χ0) is 33.8. The summed E-state index contributed by atoms with van der Waals surface area (Å²) in [4.78, 5) is 43.1. The van der Waals surface area contributed by atoms with Gasteiger partial charge in [-0.25, -0.2) is 8.78 Å². The molecule has 1 aliphatic heterocycles. The Hall–Kier alpha value is -5.41. The van der Waals surface area contributed by atoms with Gasteiger partial charge in [0.05, 0.1) is 11.5 Å². The molecule has 242 valence electrons. The van der Waals surface area contributed by atoms with E-state index in [1.807, 2.05) is 55.6 Å². The number of nitrogens with one attached hydrogen (secondary N) is 1. The van der Waals surface area contributed by atoms with Gasteiger partial charge in [-0.2, -0.15) is 0 Å². The number of hydrogen-bond donors (Lipinski definition) is 1. The highest BCUT2D eigenvalue weighted by molar-refractivity contribution is 7.20. The fraction of sp³-hybridized carbons (Fsp3) is 0.154. The SMILES string of the molecule is CCC(=O)NC(=O)c1ccc(-c2sc3c(c2CN(C)c2ccccc2)CC(C(=O)c2ccccc2)=CN3Cc2c(F)cccc2F)cc1. The number of fused-ring (bicyclic) bond motifs is 1. The summed E-state index contributed by atoms with van der Waals surface area (Å²) in [5, 5.41) is 3.16. The number of thiophene rings is 1. The van der Waals surface area contributed by atoms with Crippen molar-refractivity contribution in [2.45, 2.75) is 32.9 Å². The molecule has 1 N–H and O–H groups in total. The molecule has 2 amide bonds. The number of amides is 2. The van der Waals surface area contributed by atoms with Gasteiger partial charge in [0.1, 0.15) is 11.6 Å². The molecule has 0 aliphatic carbocycles. The lowest BCUT2D eigenvalue weighted by Gasteiger charge is -2.28. The normalized spacial score (nSPS) is 12.2. The molecule has 6 nitrogen and oxygen atoms in total. The van der Waals surface area contributed by atoms with Gasteiger partial charge in [-0.15, -0.1) is 11.3 Å². The van der Waals surface area contributed by atoms with E-state index in [0.717, 1.165) is 32.3 Å². The van der Waals surface area contributed by atoms with Crippen LogP contribution in [0.25, 0.3) is 10.4 Å². The number of anilines is 2. The molecule has 48 heavy (non-hydrogen) atoms. The van der Waals surface area contributed by atoms with Crippen molar-refractivity contribution >= 4 is 39.6 Å². The van der Waals surface area contributed by atoms with E-state index >= 15 is 8.78 Å². The summed E-state index contributed by atoms with van der Waals surface area (Å²) in [6.45, 7) is 2.04. The number of hydrogen-bond acceptors (Lipinski definition) is 6. The van der Waals surface area contributed by atoms with Crippen molar-refractivity contribution in [3.63, 3.8) is 0 Å². The maximum atomic E-state index is 15.0. The Labute approximate surface area is 282 Å². The second kappa shape index (κ2) is 14.1. The van der Waals surface area contributed by atoms with Crippen LogP contribution in [0.3, 0.4) is 0 Å². The molecule has 2 heterocycles. The molecule has 4 aromatic carbocycles. The predicted molar refractivity (Wildman–Crippen MR) is 186 cm³/mol. The van der Waals surface area contributed by atoms with Crippen LogP contribution >= 0.6 is 11.3 Å². The number of Topliss-reactive ketones (excluding diaryl/α,β-unsaturated/α-hetero) is 1. The smallest absolute Gasteiger partial charge is 0.257 e. The van der Waals surface area contributed by atoms with Gasteiger partial charge >= 0.3 is 0 Å². The highest BCUT2D eigenvalue weighted by atomic mass is 32.1. The van der Waals surface area contributed by atoms with Crippen LogP contribution in [-0.4, -0.2) is 24.6 Å². The summed E-state index contributed by atoms with van der Waals surface area (Å²) >= 11 is 1.47. The van der Waals surface area contributed by atoms with E-state index in [1.54, 1.807) is 54.4 Å². The standard InChI is InChI=1S/C39H33F2N3O3S/c1-3-35(45)42-38(47)27-19-17-26(18-20-27)37-31(23-43(2)29-13-8-5-9-14-29)30-21-28(36(46)25-11-6-4-7-12-25)22-44(39(30)48-37)24-32-33(40)15-10-16-34(32)41/h4-20,22H,3,21,23-24H2,1-2H3,(H,42,45,47). The van der Waals surface area contributed by atoms with E-state index in [1.165, 1.54) is 29.5 Å². The minimum Gasteiger partial charge on any atom is -0.370 e. The lowest BCUT2D eigenvalue weighted by molar-refractivity contribution is -0.119. The number of allylic oxidation sites excluding steroid dienone is 1. The quantitative estimate of drug-likeness (QED) is 0.153. The molecule has 1 aromatic heterocycles. The van der Waals surface area contributed by atoms with Crippen LogP contribution in [0.5, 0.6) is 0 Å². The Morgan fingerprint density at radius 3 is 2.10 bits per heavy atom. The first-order valence-electron chi connectivity index (χ1n) is 15.6. The minimum atomic E-state index is -0.664. The number of rotatable bonds is 10. The maximum Gasteiger partial charge on any atom is 0.257 e. The Kier molecular flexibility index (Phi) is 9.59. The van der Waals surface area contributed by atoms with Crippen LogP contribution in [0.2, 0.25) is 0 Å². The summed E-state index contributed by atoms with van der Waals surface area (Å²) in [6, 6.07) is 29.7. The molecule has 5 aromatic rings. The average molecular weight is 662 g/mol. The number of imide groups is 1. The zero-order valence-corrected chi connectivity index (χ0v) is 27.3. The van der Waals surface area contributed by atoms with Crippen molar-refractivity contribution in [1.82, 2.24) is 5.32 Å². The number of halogens is 2. The van der Waals surface area contributed by atoms with Gasteiger partial charge in [-0.3, -0.25) is 19.7 Å². The van der Waals surface area contributed by atoms with Crippen LogP contribution in [0, 0.1) is 11.6 Å². The molecule has 0 saturated heterocycles. The molecule has 0 fully saturated rings. The highest BCUT2D eigenvalue weighted by Gasteiger charge is 2.31. The van der Waals surface area contributed by atoms with Gasteiger partial charge in [0.2, 0.25) is 5.91 Å². The average Bonchev–Trinajstić information content (AvgIpc) is 3.48. The molecule has 0 bridgehead atoms. The van der Waals surface area contributed by atoms with Crippen LogP contribution in [0.15, 0.2) is 115 Å². The van der Waals surface area contributed by atoms with Crippen LogP contribution in [0.1, 0.15) is 50.8 Å². The number of carbonyl (C=O) groups excluding carboxylic acids is 3. The highest BCUT2D eigenvalue weighted by Crippen LogP contribution is 2.47. The first-order chi connectivity index (χ1) is 23.2. The van der Waals surface area contributed by atoms with E-state index in [9.17, 15) is 14.4 Å². The maximum absolute atomic E-state index is 15.0. The Morgan fingerprint density at radius 2 is 1.46 bits per heavy atom. The molecule has 1 aliphatic rings. The molecule has 0 spiro atoms. The molecule has 0 saturated carbocycles. The molecule has 0 atom stereocenters. The van der Waals surface area contributed by atoms with E-state index in [0.29, 0.717) is 29.7 Å². The van der Waals surface area contributed by atoms with Crippen molar-refractivity contribution in [3.05, 3.63) is 154 Å². The molecule has 0 unspecified atom stereocenters. The Balaban J connectivity index is 1.47. The van der Waals surface area contributed by atoms with Crippen molar-refractivity contribution in [1.29, 1.82) is 0 Å². The molecular weight excluding hydrogens is 629 g/mol. The van der Waals surface area contributed by atoms with Crippen molar-refractivity contribution in [3.8, 4) is 10.4 Å². The van der Waals surface area contributed by atoms with E-state index in [4.69, 9.17) is 0 Å². The first kappa shape index (κ1) is 32.5. The Morgan fingerprint density at radius 1 is 0.812 bits per heavy atom. The second-order valence-corrected chi connectivity index (χ2v) is 12.5. The first-order valence-corrected chi connectivity index (χ1v) is 16.4. The van der Waals surface area contributed by atoms with Crippen LogP contribution in [0.4, 0.5) is 19.5 Å². The van der Waals surface area contributed by atoms with Gasteiger partial charge in [0.15, 0.2) is 5.78 Å². The zero-order valence-electron chi connectivity index (χ0n) is 26.5. The number of para-hydroxylation sites is 1. The van der Waals surface area contributed by atoms with Gasteiger partial charge in [0, 0.05) is 65.5 Å². The van der Waals surface area contributed by atoms with E-state index < -0.39 is 17.5 Å². The lowest BCUT2D eigenvalue weighted by atomic mass is 9.92. The van der Waals surface area contributed by atoms with Gasteiger partial charge in [0.25, 0.3) is 5.91 Å².